The fourth-order valence-corrected chi connectivity index (χ4v) is 2.23. The Bertz CT molecular complexity index is 566. The number of hydrogen-bond donors (Lipinski definition) is 1. The second kappa shape index (κ2) is 9.23. The molecule has 2 atom stereocenters. The molecule has 5 heteroatoms. The van der Waals surface area contributed by atoms with E-state index in [0.29, 0.717) is 17.9 Å². The van der Waals surface area contributed by atoms with E-state index in [1.807, 2.05) is 13.8 Å². The number of nitrogens with two attached hydrogens (primary N) is 1. The minimum Gasteiger partial charge on any atom is -0.490 e. The van der Waals surface area contributed by atoms with Crippen LogP contribution in [0.25, 0.3) is 0 Å². The Morgan fingerprint density at radius 2 is 1.83 bits per heavy atom. The van der Waals surface area contributed by atoms with Crippen molar-refractivity contribution in [2.45, 2.75) is 46.2 Å². The first kappa shape index (κ1) is 19.9. The first-order valence-corrected chi connectivity index (χ1v) is 8.30. The van der Waals surface area contributed by atoms with Crippen LogP contribution in [0.2, 0.25) is 0 Å². The Balaban J connectivity index is 2.98. The maximum Gasteiger partial charge on any atom is 0.260 e. The van der Waals surface area contributed by atoms with Crippen LogP contribution in [0.5, 0.6) is 5.75 Å². The molecule has 1 aromatic carbocycles. The molecule has 0 saturated carbocycles. The van der Waals surface area contributed by atoms with E-state index >= 15 is 0 Å². The molecular formula is C19H28N2O3. The molecule has 0 aliphatic rings. The zero-order valence-corrected chi connectivity index (χ0v) is 15.0. The summed E-state index contributed by atoms with van der Waals surface area (Å²) in [6, 6.07) is 5.76. The average molecular weight is 332 g/mol. The third-order valence-electron chi connectivity index (χ3n) is 3.98. The predicted octanol–water partition coefficient (Wildman–Crippen LogP) is 3.00. The number of rotatable bonds is 8. The standard InChI is InChI=1S/C19H28N2O3/c1-6-12-24-16-10-8-15(9-11-16)18(22)21(13(3)4)19(23)17(20)14(5)7-2/h6,8-11,13-14,17H,1,7,12,20H2,2-5H3/t14-,17-/m0/s1. The molecule has 24 heavy (non-hydrogen) atoms. The Labute approximate surface area is 144 Å². The van der Waals surface area contributed by atoms with Gasteiger partial charge in [0.2, 0.25) is 5.91 Å². The van der Waals surface area contributed by atoms with Gasteiger partial charge in [-0.3, -0.25) is 14.5 Å². The molecule has 0 aromatic heterocycles. The highest BCUT2D eigenvalue weighted by atomic mass is 16.5. The van der Waals surface area contributed by atoms with Crippen LogP contribution >= 0.6 is 0 Å². The summed E-state index contributed by atoms with van der Waals surface area (Å²) in [6.07, 6.45) is 2.43. The van der Waals surface area contributed by atoms with Gasteiger partial charge in [-0.25, -0.2) is 0 Å². The van der Waals surface area contributed by atoms with Crippen molar-refractivity contribution in [2.75, 3.05) is 6.61 Å². The smallest absolute Gasteiger partial charge is 0.260 e. The second-order valence-corrected chi connectivity index (χ2v) is 6.14. The van der Waals surface area contributed by atoms with Crippen LogP contribution in [0.1, 0.15) is 44.5 Å². The highest BCUT2D eigenvalue weighted by molar-refractivity contribution is 6.06. The Kier molecular flexibility index (Phi) is 7.65. The number of imide groups is 1. The van der Waals surface area contributed by atoms with Crippen LogP contribution in [-0.4, -0.2) is 35.4 Å². The fraction of sp³-hybridized carbons (Fsp3) is 0.474. The SMILES string of the molecule is C=CCOc1ccc(C(=O)N(C(=O)[C@@H](N)[C@@H](C)CC)C(C)C)cc1. The number of hydrogen-bond acceptors (Lipinski definition) is 4. The lowest BCUT2D eigenvalue weighted by molar-refractivity contribution is -0.132. The van der Waals surface area contributed by atoms with Crippen molar-refractivity contribution in [1.29, 1.82) is 0 Å². The number of nitrogens with zero attached hydrogens (tertiary/aromatic N) is 1. The fourth-order valence-electron chi connectivity index (χ4n) is 2.23. The zero-order valence-electron chi connectivity index (χ0n) is 15.0. The van der Waals surface area contributed by atoms with Crippen LogP contribution in [0.3, 0.4) is 0 Å². The van der Waals surface area contributed by atoms with Crippen LogP contribution in [0.15, 0.2) is 36.9 Å². The van der Waals surface area contributed by atoms with E-state index in [1.54, 1.807) is 44.2 Å². The molecule has 2 amide bonds. The number of carbonyl (C=O) groups is 2. The molecule has 0 fully saturated rings. The maximum absolute atomic E-state index is 12.8. The van der Waals surface area contributed by atoms with Crippen LogP contribution in [0.4, 0.5) is 0 Å². The molecule has 1 aromatic rings. The first-order valence-electron chi connectivity index (χ1n) is 8.30. The molecule has 5 nitrogen and oxygen atoms in total. The minimum atomic E-state index is -0.684. The second-order valence-electron chi connectivity index (χ2n) is 6.14. The third-order valence-corrected chi connectivity index (χ3v) is 3.98. The summed E-state index contributed by atoms with van der Waals surface area (Å²) in [4.78, 5) is 26.7. The molecule has 0 bridgehead atoms. The van der Waals surface area contributed by atoms with Crippen LogP contribution < -0.4 is 10.5 Å². The van der Waals surface area contributed by atoms with Gasteiger partial charge in [0.25, 0.3) is 5.91 Å². The van der Waals surface area contributed by atoms with Crippen molar-refractivity contribution in [1.82, 2.24) is 4.90 Å². The molecule has 0 saturated heterocycles. The van der Waals surface area contributed by atoms with E-state index in [4.69, 9.17) is 10.5 Å². The molecule has 132 valence electrons. The summed E-state index contributed by atoms with van der Waals surface area (Å²) in [5.41, 5.74) is 6.46. The predicted molar refractivity (Wildman–Crippen MR) is 95.9 cm³/mol. The van der Waals surface area contributed by atoms with Gasteiger partial charge in [0.05, 0.1) is 6.04 Å². The Morgan fingerprint density at radius 1 is 1.25 bits per heavy atom. The van der Waals surface area contributed by atoms with Crippen molar-refractivity contribution in [3.05, 3.63) is 42.5 Å². The molecule has 0 radical (unpaired) electrons. The molecule has 0 aliphatic carbocycles. The molecule has 0 unspecified atom stereocenters. The van der Waals surface area contributed by atoms with Crippen LogP contribution in [-0.2, 0) is 4.79 Å². The molecule has 0 aliphatic heterocycles. The summed E-state index contributed by atoms with van der Waals surface area (Å²) in [7, 11) is 0. The molecule has 1 rings (SSSR count). The van der Waals surface area contributed by atoms with E-state index in [0.717, 1.165) is 6.42 Å². The van der Waals surface area contributed by atoms with Gasteiger partial charge >= 0.3 is 0 Å². The Hall–Kier alpha value is -2.14. The summed E-state index contributed by atoms with van der Waals surface area (Å²) in [6.45, 7) is 11.5. The van der Waals surface area contributed by atoms with Gasteiger partial charge in [0.1, 0.15) is 12.4 Å². The van der Waals surface area contributed by atoms with Gasteiger partial charge in [-0.05, 0) is 44.0 Å². The van der Waals surface area contributed by atoms with Crippen LogP contribution in [0, 0.1) is 5.92 Å². The largest absolute Gasteiger partial charge is 0.490 e. The lowest BCUT2D eigenvalue weighted by Gasteiger charge is -2.29. The topological polar surface area (TPSA) is 72.6 Å². The highest BCUT2D eigenvalue weighted by Crippen LogP contribution is 2.17. The molecule has 0 spiro atoms. The summed E-state index contributed by atoms with van der Waals surface area (Å²) < 4.78 is 5.40. The van der Waals surface area contributed by atoms with Crippen molar-refractivity contribution in [3.8, 4) is 5.75 Å². The van der Waals surface area contributed by atoms with Gasteiger partial charge in [0, 0.05) is 11.6 Å². The van der Waals surface area contributed by atoms with E-state index in [9.17, 15) is 9.59 Å². The monoisotopic (exact) mass is 332 g/mol. The quantitative estimate of drug-likeness (QED) is 0.743. The Morgan fingerprint density at radius 3 is 2.29 bits per heavy atom. The van der Waals surface area contributed by atoms with Crippen molar-refractivity contribution < 1.29 is 14.3 Å². The third kappa shape index (κ3) is 4.93. The van der Waals surface area contributed by atoms with Gasteiger partial charge in [0.15, 0.2) is 0 Å². The lowest BCUT2D eigenvalue weighted by atomic mass is 9.98. The van der Waals surface area contributed by atoms with Gasteiger partial charge < -0.3 is 10.5 Å². The number of carbonyl (C=O) groups excluding carboxylic acids is 2. The van der Waals surface area contributed by atoms with Crippen molar-refractivity contribution in [3.63, 3.8) is 0 Å². The zero-order chi connectivity index (χ0) is 18.3. The molecule has 2 N–H and O–H groups in total. The molecular weight excluding hydrogens is 304 g/mol. The number of amides is 2. The minimum absolute atomic E-state index is 0.0150. The first-order chi connectivity index (χ1) is 11.3. The van der Waals surface area contributed by atoms with E-state index < -0.39 is 6.04 Å². The lowest BCUT2D eigenvalue weighted by Crippen LogP contribution is -2.52. The van der Waals surface area contributed by atoms with E-state index in [1.165, 1.54) is 4.90 Å². The normalized spacial score (nSPS) is 13.2. The van der Waals surface area contributed by atoms with Crippen molar-refractivity contribution in [2.24, 2.45) is 11.7 Å². The van der Waals surface area contributed by atoms with Gasteiger partial charge in [-0.15, -0.1) is 0 Å². The van der Waals surface area contributed by atoms with E-state index in [-0.39, 0.29) is 23.8 Å². The summed E-state index contributed by atoms with van der Waals surface area (Å²) in [5, 5.41) is 0. The number of ether oxygens (including phenoxy) is 1. The van der Waals surface area contributed by atoms with Crippen molar-refractivity contribution >= 4 is 11.8 Å². The molecule has 0 heterocycles. The van der Waals surface area contributed by atoms with Gasteiger partial charge in [-0.1, -0.05) is 32.9 Å². The average Bonchev–Trinajstić information content (AvgIpc) is 2.58. The van der Waals surface area contributed by atoms with Gasteiger partial charge in [-0.2, -0.15) is 0 Å². The summed E-state index contributed by atoms with van der Waals surface area (Å²) >= 11 is 0. The summed E-state index contributed by atoms with van der Waals surface area (Å²) in [5.74, 6) is -0.0215. The van der Waals surface area contributed by atoms with E-state index in [2.05, 4.69) is 6.58 Å². The number of benzene rings is 1. The highest BCUT2D eigenvalue weighted by Gasteiger charge is 2.31. The maximum atomic E-state index is 12.8.